The van der Waals surface area contributed by atoms with Gasteiger partial charge in [-0.1, -0.05) is 0 Å². The number of ether oxygens (including phenoxy) is 1. The van der Waals surface area contributed by atoms with E-state index in [0.717, 1.165) is 0 Å². The highest BCUT2D eigenvalue weighted by Gasteiger charge is 2.42. The normalized spacial score (nSPS) is 29.2. The number of rotatable bonds is 2. The summed E-state index contributed by atoms with van der Waals surface area (Å²) in [5.41, 5.74) is 0. The van der Waals surface area contributed by atoms with E-state index < -0.39 is 12.0 Å². The van der Waals surface area contributed by atoms with E-state index >= 15 is 0 Å². The maximum atomic E-state index is 13.1. The molecular weight excluding hydrogens is 164 g/mol. The highest BCUT2D eigenvalue weighted by atomic mass is 19.3. The molecule has 1 atom stereocenters. The minimum Gasteiger partial charge on any atom is -0.368 e. The van der Waals surface area contributed by atoms with Gasteiger partial charge in [0.1, 0.15) is 6.10 Å². The molecule has 0 aromatic carbocycles. The van der Waals surface area contributed by atoms with Gasteiger partial charge in [0, 0.05) is 19.5 Å². The number of nitrogens with one attached hydrogen (secondary N) is 1. The fraction of sp³-hybridized carbons (Fsp3) is 1.00. The van der Waals surface area contributed by atoms with Crippen molar-refractivity contribution in [1.29, 1.82) is 0 Å². The molecule has 1 fully saturated rings. The van der Waals surface area contributed by atoms with E-state index in [2.05, 4.69) is 5.32 Å². The molecule has 1 heterocycles. The molecule has 1 saturated heterocycles. The van der Waals surface area contributed by atoms with Gasteiger partial charge in [-0.25, -0.2) is 8.78 Å². The lowest BCUT2D eigenvalue weighted by molar-refractivity contribution is -0.164. The molecule has 0 aromatic rings. The first-order valence-corrected chi connectivity index (χ1v) is 4.26. The molecule has 0 radical (unpaired) electrons. The second-order valence-electron chi connectivity index (χ2n) is 3.39. The molecule has 4 heteroatoms. The third-order valence-corrected chi connectivity index (χ3v) is 1.87. The molecule has 1 rings (SSSR count). The largest absolute Gasteiger partial charge is 0.368 e. The van der Waals surface area contributed by atoms with E-state index in [-0.39, 0.29) is 19.1 Å². The van der Waals surface area contributed by atoms with E-state index in [9.17, 15) is 8.78 Å². The van der Waals surface area contributed by atoms with Crippen LogP contribution in [-0.4, -0.2) is 31.2 Å². The predicted octanol–water partition coefficient (Wildman–Crippen LogP) is 1.41. The third kappa shape index (κ3) is 2.38. The number of halogens is 2. The summed E-state index contributed by atoms with van der Waals surface area (Å²) in [6.45, 7) is 4.17. The summed E-state index contributed by atoms with van der Waals surface area (Å²) in [5, 5.41) is 2.89. The van der Waals surface area contributed by atoms with Crippen LogP contribution in [0.15, 0.2) is 0 Å². The van der Waals surface area contributed by atoms with Crippen LogP contribution < -0.4 is 5.32 Å². The maximum absolute atomic E-state index is 13.1. The van der Waals surface area contributed by atoms with Gasteiger partial charge < -0.3 is 10.1 Å². The van der Waals surface area contributed by atoms with E-state index in [4.69, 9.17) is 4.74 Å². The molecule has 0 aromatic heterocycles. The zero-order chi connectivity index (χ0) is 9.19. The second-order valence-corrected chi connectivity index (χ2v) is 3.39. The molecule has 12 heavy (non-hydrogen) atoms. The summed E-state index contributed by atoms with van der Waals surface area (Å²) < 4.78 is 31.2. The van der Waals surface area contributed by atoms with Crippen LogP contribution in [0.2, 0.25) is 0 Å². The lowest BCUT2D eigenvalue weighted by Gasteiger charge is -2.32. The fourth-order valence-electron chi connectivity index (χ4n) is 1.27. The minimum atomic E-state index is -2.66. The molecule has 0 amide bonds. The Hall–Kier alpha value is -0.220. The van der Waals surface area contributed by atoms with Crippen LogP contribution in [0.3, 0.4) is 0 Å². The number of alkyl halides is 2. The number of piperidine rings is 1. The third-order valence-electron chi connectivity index (χ3n) is 1.87. The second kappa shape index (κ2) is 3.66. The highest BCUT2D eigenvalue weighted by Crippen LogP contribution is 2.27. The van der Waals surface area contributed by atoms with Gasteiger partial charge in [-0.2, -0.15) is 0 Å². The Morgan fingerprint density at radius 1 is 1.50 bits per heavy atom. The fourth-order valence-corrected chi connectivity index (χ4v) is 1.27. The minimum absolute atomic E-state index is 0.121. The van der Waals surface area contributed by atoms with Crippen molar-refractivity contribution in [2.75, 3.05) is 13.1 Å². The summed E-state index contributed by atoms with van der Waals surface area (Å²) in [6, 6.07) is 0. The van der Waals surface area contributed by atoms with Crippen LogP contribution in [0.5, 0.6) is 0 Å². The molecule has 0 saturated carbocycles. The summed E-state index contributed by atoms with van der Waals surface area (Å²) in [6.07, 6.45) is -1.21. The molecule has 72 valence electrons. The average Bonchev–Trinajstić information content (AvgIpc) is 1.92. The van der Waals surface area contributed by atoms with E-state index in [1.807, 2.05) is 0 Å². The number of hydrogen-bond acceptors (Lipinski definition) is 2. The Morgan fingerprint density at radius 2 is 2.17 bits per heavy atom. The lowest BCUT2D eigenvalue weighted by Crippen LogP contribution is -2.50. The van der Waals surface area contributed by atoms with Gasteiger partial charge in [-0.15, -0.1) is 0 Å². The highest BCUT2D eigenvalue weighted by molar-refractivity contribution is 4.85. The quantitative estimate of drug-likeness (QED) is 0.692. The van der Waals surface area contributed by atoms with Crippen LogP contribution >= 0.6 is 0 Å². The Labute approximate surface area is 71.3 Å². The van der Waals surface area contributed by atoms with Crippen molar-refractivity contribution in [3.63, 3.8) is 0 Å². The van der Waals surface area contributed by atoms with Crippen LogP contribution in [0.4, 0.5) is 8.78 Å². The van der Waals surface area contributed by atoms with Crippen LogP contribution in [0.25, 0.3) is 0 Å². The van der Waals surface area contributed by atoms with Crippen molar-refractivity contribution >= 4 is 0 Å². The zero-order valence-electron chi connectivity index (χ0n) is 7.44. The Morgan fingerprint density at radius 3 is 2.67 bits per heavy atom. The molecule has 1 aliphatic heterocycles. The molecule has 1 aliphatic rings. The Kier molecular flexibility index (Phi) is 3.01. The molecule has 2 nitrogen and oxygen atoms in total. The summed E-state index contributed by atoms with van der Waals surface area (Å²) in [5.74, 6) is -2.66. The van der Waals surface area contributed by atoms with E-state index in [0.29, 0.717) is 6.54 Å². The molecule has 0 unspecified atom stereocenters. The van der Waals surface area contributed by atoms with Gasteiger partial charge in [0.15, 0.2) is 0 Å². The first kappa shape index (κ1) is 9.86. The van der Waals surface area contributed by atoms with Crippen molar-refractivity contribution < 1.29 is 13.5 Å². The van der Waals surface area contributed by atoms with Crippen molar-refractivity contribution in [2.24, 2.45) is 0 Å². The first-order chi connectivity index (χ1) is 5.52. The van der Waals surface area contributed by atoms with Gasteiger partial charge in [0.2, 0.25) is 0 Å². The summed E-state index contributed by atoms with van der Waals surface area (Å²) in [4.78, 5) is 0. The monoisotopic (exact) mass is 179 g/mol. The Balaban J connectivity index is 2.48. The van der Waals surface area contributed by atoms with Crippen molar-refractivity contribution in [1.82, 2.24) is 5.32 Å². The Bertz CT molecular complexity index is 150. The topological polar surface area (TPSA) is 21.3 Å². The molecule has 0 bridgehead atoms. The standard InChI is InChI=1S/C8H15F2NO/c1-6(2)12-7-5-11-4-3-8(7,9)10/h6-7,11H,3-5H2,1-2H3/t7-/m0/s1. The van der Waals surface area contributed by atoms with Crippen LogP contribution in [0.1, 0.15) is 20.3 Å². The molecule has 0 aliphatic carbocycles. The lowest BCUT2D eigenvalue weighted by atomic mass is 10.1. The molecule has 1 N–H and O–H groups in total. The average molecular weight is 179 g/mol. The van der Waals surface area contributed by atoms with Gasteiger partial charge in [-0.3, -0.25) is 0 Å². The smallest absolute Gasteiger partial charge is 0.276 e. The number of hydrogen-bond donors (Lipinski definition) is 1. The van der Waals surface area contributed by atoms with E-state index in [1.54, 1.807) is 13.8 Å². The van der Waals surface area contributed by atoms with Gasteiger partial charge in [0.05, 0.1) is 6.10 Å². The maximum Gasteiger partial charge on any atom is 0.276 e. The predicted molar refractivity (Wildman–Crippen MR) is 42.4 cm³/mol. The van der Waals surface area contributed by atoms with E-state index in [1.165, 1.54) is 0 Å². The van der Waals surface area contributed by atoms with Crippen molar-refractivity contribution in [3.8, 4) is 0 Å². The summed E-state index contributed by atoms with van der Waals surface area (Å²) >= 11 is 0. The van der Waals surface area contributed by atoms with Gasteiger partial charge in [0.25, 0.3) is 5.92 Å². The SMILES string of the molecule is CC(C)O[C@H]1CNCCC1(F)F. The van der Waals surface area contributed by atoms with Crippen molar-refractivity contribution in [2.45, 2.75) is 38.4 Å². The zero-order valence-corrected chi connectivity index (χ0v) is 7.44. The van der Waals surface area contributed by atoms with Crippen LogP contribution in [-0.2, 0) is 4.74 Å². The molecule has 0 spiro atoms. The van der Waals surface area contributed by atoms with Crippen LogP contribution in [0, 0.1) is 0 Å². The summed E-state index contributed by atoms with van der Waals surface area (Å²) in [7, 11) is 0. The first-order valence-electron chi connectivity index (χ1n) is 4.26. The van der Waals surface area contributed by atoms with Gasteiger partial charge >= 0.3 is 0 Å². The molecular formula is C8H15F2NO. The van der Waals surface area contributed by atoms with Gasteiger partial charge in [-0.05, 0) is 13.8 Å². The van der Waals surface area contributed by atoms with Crippen molar-refractivity contribution in [3.05, 3.63) is 0 Å².